The summed E-state index contributed by atoms with van der Waals surface area (Å²) >= 11 is 0. The highest BCUT2D eigenvalue weighted by molar-refractivity contribution is 5.83. The second kappa shape index (κ2) is 6.56. The molecule has 0 aromatic carbocycles. The van der Waals surface area contributed by atoms with Crippen molar-refractivity contribution in [2.75, 3.05) is 0 Å². The molecule has 0 spiro atoms. The van der Waals surface area contributed by atoms with Crippen LogP contribution in [0.4, 0.5) is 0 Å². The molecular weight excluding hydrogens is 208 g/mol. The maximum atomic E-state index is 12.0. The van der Waals surface area contributed by atoms with Gasteiger partial charge in [-0.25, -0.2) is 0 Å². The first kappa shape index (κ1) is 13.1. The Balaban J connectivity index is 1.87. The zero-order valence-electron chi connectivity index (χ0n) is 11.4. The second-order valence-corrected chi connectivity index (χ2v) is 6.17. The molecule has 1 nitrogen and oxygen atoms in total. The fourth-order valence-electron chi connectivity index (χ4n) is 4.05. The van der Waals surface area contributed by atoms with E-state index >= 15 is 0 Å². The Bertz CT molecular complexity index is 240. The largest absolute Gasteiger partial charge is 0.299 e. The predicted octanol–water partition coefficient (Wildman–Crippen LogP) is 4.74. The summed E-state index contributed by atoms with van der Waals surface area (Å²) in [6, 6.07) is 0. The Labute approximate surface area is 106 Å². The summed E-state index contributed by atoms with van der Waals surface area (Å²) in [5, 5.41) is 0. The van der Waals surface area contributed by atoms with E-state index in [-0.39, 0.29) is 0 Å². The van der Waals surface area contributed by atoms with E-state index in [1.807, 2.05) is 0 Å². The van der Waals surface area contributed by atoms with Crippen molar-refractivity contribution < 1.29 is 4.79 Å². The first-order chi connectivity index (χ1) is 8.33. The van der Waals surface area contributed by atoms with Crippen LogP contribution in [-0.4, -0.2) is 5.78 Å². The Hall–Kier alpha value is -0.330. The maximum Gasteiger partial charge on any atom is 0.136 e. The summed E-state index contributed by atoms with van der Waals surface area (Å²) in [7, 11) is 0. The molecule has 0 aliphatic heterocycles. The van der Waals surface area contributed by atoms with Gasteiger partial charge in [0.05, 0.1) is 0 Å². The van der Waals surface area contributed by atoms with Gasteiger partial charge in [-0.3, -0.25) is 4.79 Å². The average molecular weight is 236 g/mol. The van der Waals surface area contributed by atoms with E-state index < -0.39 is 0 Å². The van der Waals surface area contributed by atoms with Crippen LogP contribution in [0.25, 0.3) is 0 Å². The third kappa shape index (κ3) is 3.33. The number of unbranched alkanes of at least 4 members (excludes halogenated alkanes) is 2. The van der Waals surface area contributed by atoms with Crippen LogP contribution in [0.15, 0.2) is 0 Å². The molecule has 2 unspecified atom stereocenters. The van der Waals surface area contributed by atoms with Gasteiger partial charge in [-0.2, -0.15) is 0 Å². The fourth-order valence-corrected chi connectivity index (χ4v) is 4.05. The molecule has 0 aromatic heterocycles. The van der Waals surface area contributed by atoms with E-state index in [2.05, 4.69) is 6.92 Å². The third-order valence-corrected chi connectivity index (χ3v) is 5.03. The molecule has 2 aliphatic rings. The standard InChI is InChI=1S/C16H28O/c1-2-3-5-10-15-14(11-12-16(15)17)13-8-6-4-7-9-13/h13-15H,2-12H2,1H3. The Morgan fingerprint density at radius 3 is 2.53 bits per heavy atom. The summed E-state index contributed by atoms with van der Waals surface area (Å²) in [6.07, 6.45) is 14.2. The zero-order chi connectivity index (χ0) is 12.1. The molecule has 98 valence electrons. The van der Waals surface area contributed by atoms with Crippen LogP contribution in [0, 0.1) is 17.8 Å². The number of Topliss-reactive ketones (excluding diaryl/α,β-unsaturated/α-hetero) is 1. The highest BCUT2D eigenvalue weighted by atomic mass is 16.1. The Morgan fingerprint density at radius 1 is 1.06 bits per heavy atom. The van der Waals surface area contributed by atoms with Crippen LogP contribution in [0.5, 0.6) is 0 Å². The fraction of sp³-hybridized carbons (Fsp3) is 0.938. The van der Waals surface area contributed by atoms with Gasteiger partial charge in [0.15, 0.2) is 0 Å². The van der Waals surface area contributed by atoms with Crippen molar-refractivity contribution >= 4 is 5.78 Å². The lowest BCUT2D eigenvalue weighted by Gasteiger charge is -2.31. The monoisotopic (exact) mass is 236 g/mol. The predicted molar refractivity (Wildman–Crippen MR) is 71.9 cm³/mol. The molecule has 0 amide bonds. The summed E-state index contributed by atoms with van der Waals surface area (Å²) < 4.78 is 0. The molecule has 0 saturated heterocycles. The summed E-state index contributed by atoms with van der Waals surface area (Å²) in [5.74, 6) is 2.70. The number of ketones is 1. The maximum absolute atomic E-state index is 12.0. The first-order valence-electron chi connectivity index (χ1n) is 7.85. The molecule has 17 heavy (non-hydrogen) atoms. The summed E-state index contributed by atoms with van der Waals surface area (Å²) in [4.78, 5) is 12.0. The summed E-state index contributed by atoms with van der Waals surface area (Å²) in [5.41, 5.74) is 0. The quantitative estimate of drug-likeness (QED) is 0.630. The molecule has 2 fully saturated rings. The molecule has 0 N–H and O–H groups in total. The highest BCUT2D eigenvalue weighted by Crippen LogP contribution is 2.43. The van der Waals surface area contributed by atoms with Crippen LogP contribution in [0.1, 0.15) is 77.6 Å². The minimum atomic E-state index is 0.449. The topological polar surface area (TPSA) is 17.1 Å². The number of rotatable bonds is 5. The van der Waals surface area contributed by atoms with E-state index in [0.717, 1.165) is 18.3 Å². The smallest absolute Gasteiger partial charge is 0.136 e. The van der Waals surface area contributed by atoms with Crippen LogP contribution < -0.4 is 0 Å². The number of carbonyl (C=O) groups excluding carboxylic acids is 1. The van der Waals surface area contributed by atoms with E-state index in [4.69, 9.17) is 0 Å². The number of hydrogen-bond acceptors (Lipinski definition) is 1. The van der Waals surface area contributed by atoms with Gasteiger partial charge in [0.1, 0.15) is 5.78 Å². The van der Waals surface area contributed by atoms with Crippen molar-refractivity contribution in [2.45, 2.75) is 77.6 Å². The van der Waals surface area contributed by atoms with Crippen molar-refractivity contribution in [2.24, 2.45) is 17.8 Å². The SMILES string of the molecule is CCCCCC1C(=O)CCC1C1CCCCC1. The lowest BCUT2D eigenvalue weighted by Crippen LogP contribution is -2.24. The Morgan fingerprint density at radius 2 is 1.82 bits per heavy atom. The third-order valence-electron chi connectivity index (χ3n) is 5.03. The molecule has 2 saturated carbocycles. The molecule has 0 aromatic rings. The van der Waals surface area contributed by atoms with Crippen LogP contribution >= 0.6 is 0 Å². The highest BCUT2D eigenvalue weighted by Gasteiger charge is 2.38. The van der Waals surface area contributed by atoms with Crippen LogP contribution in [0.2, 0.25) is 0 Å². The lowest BCUT2D eigenvalue weighted by atomic mass is 9.74. The van der Waals surface area contributed by atoms with Crippen molar-refractivity contribution in [1.29, 1.82) is 0 Å². The molecule has 0 heterocycles. The van der Waals surface area contributed by atoms with Gasteiger partial charge in [-0.05, 0) is 24.7 Å². The van der Waals surface area contributed by atoms with Crippen molar-refractivity contribution in [3.8, 4) is 0 Å². The van der Waals surface area contributed by atoms with Gasteiger partial charge < -0.3 is 0 Å². The van der Waals surface area contributed by atoms with E-state index in [0.29, 0.717) is 11.7 Å². The van der Waals surface area contributed by atoms with E-state index in [1.165, 1.54) is 64.2 Å². The molecule has 2 atom stereocenters. The van der Waals surface area contributed by atoms with Crippen molar-refractivity contribution in [1.82, 2.24) is 0 Å². The van der Waals surface area contributed by atoms with Gasteiger partial charge in [0, 0.05) is 12.3 Å². The molecule has 1 heteroatoms. The molecule has 0 radical (unpaired) electrons. The lowest BCUT2D eigenvalue weighted by molar-refractivity contribution is -0.121. The van der Waals surface area contributed by atoms with Gasteiger partial charge in [-0.15, -0.1) is 0 Å². The Kier molecular flexibility index (Phi) is 5.06. The average Bonchev–Trinajstić information content (AvgIpc) is 2.73. The first-order valence-corrected chi connectivity index (χ1v) is 7.85. The second-order valence-electron chi connectivity index (χ2n) is 6.17. The number of carbonyl (C=O) groups is 1. The number of hydrogen-bond donors (Lipinski definition) is 0. The van der Waals surface area contributed by atoms with Crippen molar-refractivity contribution in [3.05, 3.63) is 0 Å². The zero-order valence-corrected chi connectivity index (χ0v) is 11.4. The van der Waals surface area contributed by atoms with Crippen LogP contribution in [-0.2, 0) is 4.79 Å². The van der Waals surface area contributed by atoms with E-state index in [9.17, 15) is 4.79 Å². The molecule has 2 aliphatic carbocycles. The van der Waals surface area contributed by atoms with Crippen molar-refractivity contribution in [3.63, 3.8) is 0 Å². The molecule has 0 bridgehead atoms. The van der Waals surface area contributed by atoms with Gasteiger partial charge >= 0.3 is 0 Å². The van der Waals surface area contributed by atoms with E-state index in [1.54, 1.807) is 0 Å². The molecule has 2 rings (SSSR count). The minimum Gasteiger partial charge on any atom is -0.299 e. The van der Waals surface area contributed by atoms with Crippen LogP contribution in [0.3, 0.4) is 0 Å². The normalized spacial score (nSPS) is 31.0. The van der Waals surface area contributed by atoms with Gasteiger partial charge in [0.25, 0.3) is 0 Å². The van der Waals surface area contributed by atoms with Gasteiger partial charge in [0.2, 0.25) is 0 Å². The summed E-state index contributed by atoms with van der Waals surface area (Å²) in [6.45, 7) is 2.25. The molecular formula is C16H28O. The van der Waals surface area contributed by atoms with Gasteiger partial charge in [-0.1, -0.05) is 58.3 Å². The minimum absolute atomic E-state index is 0.449.